The van der Waals surface area contributed by atoms with E-state index >= 15 is 0 Å². The van der Waals surface area contributed by atoms with Crippen LogP contribution in [-0.2, 0) is 14.4 Å². The summed E-state index contributed by atoms with van der Waals surface area (Å²) in [4.78, 5) is 38.3. The van der Waals surface area contributed by atoms with Crippen LogP contribution in [0.25, 0.3) is 0 Å². The first-order valence-corrected chi connectivity index (χ1v) is 8.89. The summed E-state index contributed by atoms with van der Waals surface area (Å²) in [6, 6.07) is 7.12. The predicted molar refractivity (Wildman–Crippen MR) is 97.2 cm³/mol. The van der Waals surface area contributed by atoms with Crippen molar-refractivity contribution in [2.45, 2.75) is 33.1 Å². The van der Waals surface area contributed by atoms with Gasteiger partial charge in [-0.15, -0.1) is 0 Å². The topological polar surface area (TPSA) is 87.2 Å². The molecule has 1 saturated heterocycles. The van der Waals surface area contributed by atoms with Gasteiger partial charge in [-0.3, -0.25) is 14.4 Å². The van der Waals surface area contributed by atoms with Crippen LogP contribution < -0.4 is 9.64 Å². The standard InChI is InChI=1S/C19H26N2O5/c1-14(2)12-20(10-8-19(24)25)18(23)13-26-16-6-3-5-15(11-16)21-9-4-7-17(21)22/h3,5-6,11,14H,4,7-10,12-13H2,1-2H3,(H,24,25). The number of hydrogen-bond acceptors (Lipinski definition) is 4. The van der Waals surface area contributed by atoms with Gasteiger partial charge in [-0.2, -0.15) is 0 Å². The molecular weight excluding hydrogens is 336 g/mol. The molecule has 1 aromatic rings. The molecule has 2 amide bonds. The van der Waals surface area contributed by atoms with E-state index < -0.39 is 5.97 Å². The molecule has 1 aliphatic heterocycles. The molecule has 0 radical (unpaired) electrons. The minimum atomic E-state index is -0.935. The van der Waals surface area contributed by atoms with E-state index in [2.05, 4.69) is 0 Å². The zero-order chi connectivity index (χ0) is 19.1. The van der Waals surface area contributed by atoms with Crippen LogP contribution in [0.1, 0.15) is 33.1 Å². The molecule has 26 heavy (non-hydrogen) atoms. The third-order valence-electron chi connectivity index (χ3n) is 4.10. The van der Waals surface area contributed by atoms with Gasteiger partial charge in [0.15, 0.2) is 6.61 Å². The maximum absolute atomic E-state index is 12.4. The molecule has 0 atom stereocenters. The smallest absolute Gasteiger partial charge is 0.305 e. The molecule has 0 unspecified atom stereocenters. The third-order valence-corrected chi connectivity index (χ3v) is 4.10. The van der Waals surface area contributed by atoms with Crippen molar-refractivity contribution >= 4 is 23.5 Å². The number of nitrogens with zero attached hydrogens (tertiary/aromatic N) is 2. The van der Waals surface area contributed by atoms with Crippen LogP contribution in [0.5, 0.6) is 5.75 Å². The van der Waals surface area contributed by atoms with E-state index in [0.29, 0.717) is 25.3 Å². The summed E-state index contributed by atoms with van der Waals surface area (Å²) in [5.74, 6) is -0.344. The first kappa shape index (κ1) is 19.8. The number of aliphatic carboxylic acids is 1. The van der Waals surface area contributed by atoms with Crippen LogP contribution in [0.3, 0.4) is 0 Å². The highest BCUT2D eigenvalue weighted by Crippen LogP contribution is 2.25. The van der Waals surface area contributed by atoms with Crippen molar-refractivity contribution in [3.63, 3.8) is 0 Å². The summed E-state index contributed by atoms with van der Waals surface area (Å²) in [5.41, 5.74) is 0.766. The highest BCUT2D eigenvalue weighted by molar-refractivity contribution is 5.95. The summed E-state index contributed by atoms with van der Waals surface area (Å²) >= 11 is 0. The van der Waals surface area contributed by atoms with Crippen molar-refractivity contribution in [1.29, 1.82) is 0 Å². The van der Waals surface area contributed by atoms with Gasteiger partial charge < -0.3 is 19.6 Å². The first-order chi connectivity index (χ1) is 12.4. The molecule has 7 nitrogen and oxygen atoms in total. The average Bonchev–Trinajstić information content (AvgIpc) is 3.02. The van der Waals surface area contributed by atoms with Crippen LogP contribution in [0.2, 0.25) is 0 Å². The lowest BCUT2D eigenvalue weighted by atomic mass is 10.2. The van der Waals surface area contributed by atoms with Crippen molar-refractivity contribution in [2.75, 3.05) is 31.1 Å². The summed E-state index contributed by atoms with van der Waals surface area (Å²) in [7, 11) is 0. The van der Waals surface area contributed by atoms with Gasteiger partial charge in [-0.05, 0) is 24.5 Å². The number of carbonyl (C=O) groups excluding carboxylic acids is 2. The molecule has 1 N–H and O–H groups in total. The Bertz CT molecular complexity index is 659. The van der Waals surface area contributed by atoms with Crippen LogP contribution >= 0.6 is 0 Å². The van der Waals surface area contributed by atoms with Crippen molar-refractivity contribution in [2.24, 2.45) is 5.92 Å². The molecule has 142 valence electrons. The van der Waals surface area contributed by atoms with Crippen molar-refractivity contribution in [1.82, 2.24) is 4.90 Å². The number of amides is 2. The minimum Gasteiger partial charge on any atom is -0.484 e. The fourth-order valence-corrected chi connectivity index (χ4v) is 2.89. The Morgan fingerprint density at radius 1 is 1.35 bits per heavy atom. The molecule has 2 rings (SSSR count). The number of anilines is 1. The molecule has 1 fully saturated rings. The normalized spacial score (nSPS) is 14.0. The number of benzene rings is 1. The van der Waals surface area contributed by atoms with E-state index in [1.54, 1.807) is 23.1 Å². The highest BCUT2D eigenvalue weighted by atomic mass is 16.5. The quantitative estimate of drug-likeness (QED) is 0.727. The van der Waals surface area contributed by atoms with Crippen LogP contribution in [0.15, 0.2) is 24.3 Å². The molecule has 0 saturated carbocycles. The number of ether oxygens (including phenoxy) is 1. The number of rotatable bonds is 9. The minimum absolute atomic E-state index is 0.0922. The number of carboxylic acid groups (broad SMARTS) is 1. The lowest BCUT2D eigenvalue weighted by Gasteiger charge is -2.24. The lowest BCUT2D eigenvalue weighted by Crippen LogP contribution is -2.39. The molecule has 0 bridgehead atoms. The zero-order valence-electron chi connectivity index (χ0n) is 15.3. The highest BCUT2D eigenvalue weighted by Gasteiger charge is 2.22. The molecule has 0 aliphatic carbocycles. The Hall–Kier alpha value is -2.57. The second kappa shape index (κ2) is 9.22. The molecule has 7 heteroatoms. The van der Waals surface area contributed by atoms with E-state index in [4.69, 9.17) is 9.84 Å². The summed E-state index contributed by atoms with van der Waals surface area (Å²) < 4.78 is 5.60. The fourth-order valence-electron chi connectivity index (χ4n) is 2.89. The summed E-state index contributed by atoms with van der Waals surface area (Å²) in [6.07, 6.45) is 1.30. The van der Waals surface area contributed by atoms with Gasteiger partial charge in [-0.1, -0.05) is 19.9 Å². The van der Waals surface area contributed by atoms with Gasteiger partial charge >= 0.3 is 5.97 Å². The van der Waals surface area contributed by atoms with Gasteiger partial charge in [0.1, 0.15) is 5.75 Å². The maximum Gasteiger partial charge on any atom is 0.305 e. The largest absolute Gasteiger partial charge is 0.484 e. The van der Waals surface area contributed by atoms with Crippen LogP contribution in [0.4, 0.5) is 5.69 Å². The Morgan fingerprint density at radius 2 is 2.12 bits per heavy atom. The number of carbonyl (C=O) groups is 3. The van der Waals surface area contributed by atoms with Crippen molar-refractivity contribution in [3.8, 4) is 5.75 Å². The van der Waals surface area contributed by atoms with Crippen LogP contribution in [0, 0.1) is 5.92 Å². The Labute approximate surface area is 153 Å². The Kier molecular flexibility index (Phi) is 7.00. The zero-order valence-corrected chi connectivity index (χ0v) is 15.3. The molecular formula is C19H26N2O5. The van der Waals surface area contributed by atoms with E-state index in [-0.39, 0.29) is 37.3 Å². The van der Waals surface area contributed by atoms with E-state index in [1.807, 2.05) is 19.9 Å². The maximum atomic E-state index is 12.4. The van der Waals surface area contributed by atoms with Gasteiger partial charge in [-0.25, -0.2) is 0 Å². The van der Waals surface area contributed by atoms with E-state index in [1.165, 1.54) is 4.90 Å². The molecule has 1 aliphatic rings. The fraction of sp³-hybridized carbons (Fsp3) is 0.526. The molecule has 1 heterocycles. The summed E-state index contributed by atoms with van der Waals surface area (Å²) in [6.45, 7) is 5.12. The second-order valence-electron chi connectivity index (χ2n) is 6.81. The second-order valence-corrected chi connectivity index (χ2v) is 6.81. The average molecular weight is 362 g/mol. The van der Waals surface area contributed by atoms with Crippen molar-refractivity contribution < 1.29 is 24.2 Å². The predicted octanol–water partition coefficient (Wildman–Crippen LogP) is 2.15. The van der Waals surface area contributed by atoms with Crippen LogP contribution in [-0.4, -0.2) is 54.0 Å². The van der Waals surface area contributed by atoms with E-state index in [9.17, 15) is 14.4 Å². The Morgan fingerprint density at radius 3 is 2.73 bits per heavy atom. The molecule has 0 aromatic heterocycles. The SMILES string of the molecule is CC(C)CN(CCC(=O)O)C(=O)COc1cccc(N2CCCC2=O)c1. The monoisotopic (exact) mass is 362 g/mol. The Balaban J connectivity index is 1.96. The number of hydrogen-bond donors (Lipinski definition) is 1. The van der Waals surface area contributed by atoms with Gasteiger partial charge in [0, 0.05) is 37.8 Å². The van der Waals surface area contributed by atoms with Gasteiger partial charge in [0.2, 0.25) is 5.91 Å². The molecule has 0 spiro atoms. The van der Waals surface area contributed by atoms with E-state index in [0.717, 1.165) is 12.1 Å². The third kappa shape index (κ3) is 5.75. The van der Waals surface area contributed by atoms with Gasteiger partial charge in [0.25, 0.3) is 5.91 Å². The molecule has 1 aromatic carbocycles. The number of carboxylic acids is 1. The first-order valence-electron chi connectivity index (χ1n) is 8.89. The summed E-state index contributed by atoms with van der Waals surface area (Å²) in [5, 5.41) is 8.84. The van der Waals surface area contributed by atoms with Gasteiger partial charge in [0.05, 0.1) is 6.42 Å². The lowest BCUT2D eigenvalue weighted by molar-refractivity contribution is -0.139. The van der Waals surface area contributed by atoms with Crippen molar-refractivity contribution in [3.05, 3.63) is 24.3 Å².